The van der Waals surface area contributed by atoms with E-state index in [0.717, 1.165) is 18.7 Å². The molecule has 3 rings (SSSR count). The van der Waals surface area contributed by atoms with Gasteiger partial charge in [-0.3, -0.25) is 0 Å². The van der Waals surface area contributed by atoms with Gasteiger partial charge in [0.25, 0.3) is 0 Å². The fraction of sp³-hybridized carbons (Fsp3) is 0.846. The van der Waals surface area contributed by atoms with Crippen LogP contribution in [0.15, 0.2) is 4.52 Å². The molecule has 7 heteroatoms. The molecule has 1 saturated heterocycles. The van der Waals surface area contributed by atoms with Crippen LogP contribution in [0.3, 0.4) is 0 Å². The minimum Gasteiger partial charge on any atom is -0.339 e. The molecule has 6 nitrogen and oxygen atoms in total. The third kappa shape index (κ3) is 3.38. The van der Waals surface area contributed by atoms with Crippen molar-refractivity contribution in [1.29, 1.82) is 0 Å². The molecule has 1 atom stereocenters. The summed E-state index contributed by atoms with van der Waals surface area (Å²) in [4.78, 5) is 4.46. The first kappa shape index (κ1) is 14.0. The van der Waals surface area contributed by atoms with Crippen molar-refractivity contribution in [3.05, 3.63) is 11.7 Å². The van der Waals surface area contributed by atoms with Gasteiger partial charge in [-0.2, -0.15) is 4.98 Å². The molecule has 0 amide bonds. The zero-order valence-corrected chi connectivity index (χ0v) is 12.4. The lowest BCUT2D eigenvalue weighted by Gasteiger charge is -2.22. The highest BCUT2D eigenvalue weighted by Crippen LogP contribution is 2.30. The Labute approximate surface area is 119 Å². The van der Waals surface area contributed by atoms with Crippen molar-refractivity contribution in [3.63, 3.8) is 0 Å². The van der Waals surface area contributed by atoms with E-state index < -0.39 is 9.84 Å². The summed E-state index contributed by atoms with van der Waals surface area (Å²) in [6.07, 6.45) is 6.53. The Morgan fingerprint density at radius 2 is 2.05 bits per heavy atom. The average molecular weight is 299 g/mol. The van der Waals surface area contributed by atoms with Crippen molar-refractivity contribution in [3.8, 4) is 0 Å². The SMILES string of the molecule is O=S1(=O)CCNC(Cc2nc(C3CCCCC3)no2)C1. The zero-order chi connectivity index (χ0) is 14.0. The van der Waals surface area contributed by atoms with Crippen LogP contribution >= 0.6 is 0 Å². The molecule has 1 aliphatic carbocycles. The quantitative estimate of drug-likeness (QED) is 0.898. The summed E-state index contributed by atoms with van der Waals surface area (Å²) >= 11 is 0. The highest BCUT2D eigenvalue weighted by Gasteiger charge is 2.27. The molecule has 112 valence electrons. The average Bonchev–Trinajstić information content (AvgIpc) is 2.87. The normalized spacial score (nSPS) is 27.5. The van der Waals surface area contributed by atoms with E-state index in [2.05, 4.69) is 15.5 Å². The lowest BCUT2D eigenvalue weighted by atomic mass is 9.89. The summed E-state index contributed by atoms with van der Waals surface area (Å²) in [5.41, 5.74) is 0. The Balaban J connectivity index is 1.62. The topological polar surface area (TPSA) is 85.1 Å². The van der Waals surface area contributed by atoms with Crippen molar-refractivity contribution in [2.24, 2.45) is 0 Å². The van der Waals surface area contributed by atoms with Crippen molar-refractivity contribution in [2.45, 2.75) is 50.5 Å². The number of aromatic nitrogens is 2. The van der Waals surface area contributed by atoms with E-state index in [1.807, 2.05) is 0 Å². The van der Waals surface area contributed by atoms with Gasteiger partial charge in [0.2, 0.25) is 5.89 Å². The van der Waals surface area contributed by atoms with Crippen LogP contribution < -0.4 is 5.32 Å². The molecule has 0 aromatic carbocycles. The first-order valence-electron chi connectivity index (χ1n) is 7.39. The van der Waals surface area contributed by atoms with Crippen molar-refractivity contribution < 1.29 is 12.9 Å². The molecule has 1 N–H and O–H groups in total. The third-order valence-electron chi connectivity index (χ3n) is 4.18. The van der Waals surface area contributed by atoms with Crippen LogP contribution in [0.1, 0.15) is 49.7 Å². The molecule has 1 aliphatic heterocycles. The third-order valence-corrected chi connectivity index (χ3v) is 5.91. The van der Waals surface area contributed by atoms with Gasteiger partial charge in [0.05, 0.1) is 11.5 Å². The molecular weight excluding hydrogens is 278 g/mol. The Morgan fingerprint density at radius 3 is 2.80 bits per heavy atom. The van der Waals surface area contributed by atoms with E-state index in [1.165, 1.54) is 19.3 Å². The van der Waals surface area contributed by atoms with E-state index in [4.69, 9.17) is 4.52 Å². The molecule has 20 heavy (non-hydrogen) atoms. The molecule has 0 spiro atoms. The van der Waals surface area contributed by atoms with Gasteiger partial charge in [-0.05, 0) is 12.8 Å². The van der Waals surface area contributed by atoms with E-state index in [-0.39, 0.29) is 17.5 Å². The van der Waals surface area contributed by atoms with Gasteiger partial charge < -0.3 is 9.84 Å². The molecule has 1 saturated carbocycles. The van der Waals surface area contributed by atoms with Crippen LogP contribution in [0.4, 0.5) is 0 Å². The van der Waals surface area contributed by atoms with E-state index in [1.54, 1.807) is 0 Å². The number of nitrogens with one attached hydrogen (secondary N) is 1. The van der Waals surface area contributed by atoms with E-state index >= 15 is 0 Å². The van der Waals surface area contributed by atoms with Crippen LogP contribution in [0.5, 0.6) is 0 Å². The summed E-state index contributed by atoms with van der Waals surface area (Å²) in [5.74, 6) is 2.16. The maximum atomic E-state index is 11.6. The molecule has 2 aliphatic rings. The molecule has 2 heterocycles. The van der Waals surface area contributed by atoms with Crippen LogP contribution in [-0.4, -0.2) is 42.7 Å². The van der Waals surface area contributed by atoms with Gasteiger partial charge in [-0.25, -0.2) is 8.42 Å². The monoisotopic (exact) mass is 299 g/mol. The summed E-state index contributed by atoms with van der Waals surface area (Å²) in [6.45, 7) is 0.511. The van der Waals surface area contributed by atoms with Gasteiger partial charge in [-0.1, -0.05) is 24.4 Å². The van der Waals surface area contributed by atoms with Gasteiger partial charge in [0.15, 0.2) is 15.7 Å². The minimum absolute atomic E-state index is 0.103. The number of sulfone groups is 1. The largest absolute Gasteiger partial charge is 0.339 e. The summed E-state index contributed by atoms with van der Waals surface area (Å²) in [7, 11) is -2.92. The molecule has 1 unspecified atom stereocenters. The highest BCUT2D eigenvalue weighted by molar-refractivity contribution is 7.91. The fourth-order valence-corrected chi connectivity index (χ4v) is 4.53. The van der Waals surface area contributed by atoms with Crippen molar-refractivity contribution >= 4 is 9.84 Å². The Kier molecular flexibility index (Phi) is 4.07. The van der Waals surface area contributed by atoms with E-state index in [0.29, 0.717) is 24.8 Å². The Bertz CT molecular complexity index is 549. The number of rotatable bonds is 3. The van der Waals surface area contributed by atoms with Crippen molar-refractivity contribution in [1.82, 2.24) is 15.5 Å². The maximum Gasteiger partial charge on any atom is 0.228 e. The molecule has 0 radical (unpaired) electrons. The lowest BCUT2D eigenvalue weighted by molar-refractivity contribution is 0.346. The second-order valence-corrected chi connectivity index (χ2v) is 8.08. The molecular formula is C13H21N3O3S. The number of hydrogen-bond acceptors (Lipinski definition) is 6. The Morgan fingerprint density at radius 1 is 1.25 bits per heavy atom. The summed E-state index contributed by atoms with van der Waals surface area (Å²) < 4.78 is 28.5. The van der Waals surface area contributed by atoms with Gasteiger partial charge in [0, 0.05) is 24.9 Å². The standard InChI is InChI=1S/C13H21N3O3S/c17-20(18)7-6-14-11(9-20)8-12-15-13(16-19-12)10-4-2-1-3-5-10/h10-11,14H,1-9H2. The fourth-order valence-electron chi connectivity index (χ4n) is 3.09. The highest BCUT2D eigenvalue weighted by atomic mass is 32.2. The van der Waals surface area contributed by atoms with E-state index in [9.17, 15) is 8.42 Å². The zero-order valence-electron chi connectivity index (χ0n) is 11.5. The van der Waals surface area contributed by atoms with Crippen molar-refractivity contribution in [2.75, 3.05) is 18.1 Å². The summed E-state index contributed by atoms with van der Waals surface area (Å²) in [5, 5.41) is 7.28. The maximum absolute atomic E-state index is 11.6. The first-order valence-corrected chi connectivity index (χ1v) is 9.21. The van der Waals surface area contributed by atoms with Gasteiger partial charge in [-0.15, -0.1) is 0 Å². The van der Waals surface area contributed by atoms with Crippen LogP contribution in [0.25, 0.3) is 0 Å². The predicted octanol–water partition coefficient (Wildman–Crippen LogP) is 1.05. The van der Waals surface area contributed by atoms with Crippen LogP contribution in [-0.2, 0) is 16.3 Å². The Hall–Kier alpha value is -0.950. The number of nitrogens with zero attached hydrogens (tertiary/aromatic N) is 2. The van der Waals surface area contributed by atoms with Crippen LogP contribution in [0, 0.1) is 0 Å². The second-order valence-electron chi connectivity index (χ2n) is 5.85. The minimum atomic E-state index is -2.92. The van der Waals surface area contributed by atoms with Gasteiger partial charge in [0.1, 0.15) is 0 Å². The first-order chi connectivity index (χ1) is 9.62. The van der Waals surface area contributed by atoms with Crippen LogP contribution in [0.2, 0.25) is 0 Å². The lowest BCUT2D eigenvalue weighted by Crippen LogP contribution is -2.46. The molecule has 1 aromatic heterocycles. The smallest absolute Gasteiger partial charge is 0.228 e. The second kappa shape index (κ2) is 5.81. The molecule has 2 fully saturated rings. The molecule has 0 bridgehead atoms. The predicted molar refractivity (Wildman–Crippen MR) is 74.3 cm³/mol. The number of hydrogen-bond donors (Lipinski definition) is 1. The molecule has 1 aromatic rings. The summed E-state index contributed by atoms with van der Waals surface area (Å²) in [6, 6.07) is -0.103. The van der Waals surface area contributed by atoms with Gasteiger partial charge >= 0.3 is 0 Å².